The molecule has 2 aliphatic rings. The first-order chi connectivity index (χ1) is 25.1. The molecule has 0 saturated carbocycles. The second-order valence-corrected chi connectivity index (χ2v) is 13.7. The number of fused-ring (bicyclic) bond motifs is 8. The fourth-order valence-corrected chi connectivity index (χ4v) is 7.77. The Bertz CT molecular complexity index is 2420. The van der Waals surface area contributed by atoms with E-state index in [0.717, 1.165) is 90.4 Å². The van der Waals surface area contributed by atoms with Crippen LogP contribution in [0.2, 0.25) is 0 Å². The number of aryl methyl sites for hydroxylation is 8. The summed E-state index contributed by atoms with van der Waals surface area (Å²) in [6.07, 6.45) is 24.9. The smallest absolute Gasteiger partial charge is 1.00 e. The maximum atomic E-state index is 5.40. The fourth-order valence-electron chi connectivity index (χ4n) is 7.77. The van der Waals surface area contributed by atoms with E-state index in [2.05, 4.69) is 191 Å². The first kappa shape index (κ1) is 47.8. The van der Waals surface area contributed by atoms with Gasteiger partial charge in [0.25, 0.3) is 23.3 Å². The van der Waals surface area contributed by atoms with Crippen molar-refractivity contribution >= 4 is 46.4 Å². The van der Waals surface area contributed by atoms with E-state index in [4.69, 9.17) is 19.9 Å². The SMILES string of the molecule is Cn1cc[n+](C)c1-c1c2nc(c(-c3n(C)cc[n+]3C)c3ccc([n-]3)c(-c3n(C)cc[n+]3C)c3nc(c(-c4n(C)cc[n+]4C)c4ccc1[n-]4)C=C3)C=C2.[Cl-].[Cl-].[Cl-].[Cl-].[Cl-].[Mn+2]. The van der Waals surface area contributed by atoms with Gasteiger partial charge in [0.15, 0.2) is 0 Å². The molecule has 0 fully saturated rings. The van der Waals surface area contributed by atoms with Gasteiger partial charge in [0, 0.05) is 0 Å². The van der Waals surface area contributed by atoms with Crippen LogP contribution in [0.3, 0.4) is 0 Å². The number of halogens is 5. The number of hydrogen-bond donors (Lipinski definition) is 0. The summed E-state index contributed by atoms with van der Waals surface area (Å²) in [6, 6.07) is 8.41. The van der Waals surface area contributed by atoms with Crippen LogP contribution in [0.1, 0.15) is 22.8 Å². The Morgan fingerprint density at radius 2 is 0.603 bits per heavy atom. The van der Waals surface area contributed by atoms with Gasteiger partial charge in [-0.1, -0.05) is 24.3 Å². The van der Waals surface area contributed by atoms with Gasteiger partial charge in [-0.3, -0.25) is 0 Å². The molecule has 9 heterocycles. The molecular formula is C40H40Cl5MnN12-. The molecule has 0 atom stereocenters. The van der Waals surface area contributed by atoms with Crippen molar-refractivity contribution in [1.82, 2.24) is 38.2 Å². The molecule has 0 aliphatic carbocycles. The van der Waals surface area contributed by atoms with Crippen molar-refractivity contribution in [3.63, 3.8) is 0 Å². The van der Waals surface area contributed by atoms with Gasteiger partial charge in [0.1, 0.15) is 49.6 Å². The van der Waals surface area contributed by atoms with Gasteiger partial charge in [-0.25, -0.2) is 46.5 Å². The molecule has 2 aliphatic heterocycles. The van der Waals surface area contributed by atoms with Crippen LogP contribution in [0.5, 0.6) is 0 Å². The van der Waals surface area contributed by atoms with Gasteiger partial charge in [0.2, 0.25) is 0 Å². The quantitative estimate of drug-likeness (QED) is 0.130. The largest absolute Gasteiger partial charge is 2.00 e. The zero-order valence-electron chi connectivity index (χ0n) is 32.9. The van der Waals surface area contributed by atoms with E-state index < -0.39 is 0 Å². The molecule has 0 N–H and O–H groups in total. The topological polar surface area (TPSA) is 89.2 Å². The van der Waals surface area contributed by atoms with Crippen LogP contribution < -0.4 is 90.3 Å². The molecule has 18 heteroatoms. The summed E-state index contributed by atoms with van der Waals surface area (Å²) in [4.78, 5) is 21.6. The predicted molar refractivity (Wildman–Crippen MR) is 199 cm³/mol. The number of nitrogens with zero attached hydrogens (tertiary/aromatic N) is 12. The average Bonchev–Trinajstić information content (AvgIpc) is 3.98. The fraction of sp³-hybridized carbons (Fsp3) is 0.200. The minimum absolute atomic E-state index is 0. The first-order valence-corrected chi connectivity index (χ1v) is 17.2. The van der Waals surface area contributed by atoms with E-state index in [9.17, 15) is 0 Å². The van der Waals surface area contributed by atoms with E-state index >= 15 is 0 Å². The Morgan fingerprint density at radius 1 is 0.397 bits per heavy atom. The van der Waals surface area contributed by atoms with Gasteiger partial charge >= 0.3 is 17.1 Å². The summed E-state index contributed by atoms with van der Waals surface area (Å²) in [7, 11) is 16.5. The molecule has 9 rings (SSSR count). The van der Waals surface area contributed by atoms with Gasteiger partial charge in [-0.2, -0.15) is 0 Å². The van der Waals surface area contributed by atoms with Crippen molar-refractivity contribution in [1.29, 1.82) is 0 Å². The molecule has 0 unspecified atom stereocenters. The van der Waals surface area contributed by atoms with E-state index in [0.29, 0.717) is 0 Å². The van der Waals surface area contributed by atoms with E-state index in [1.54, 1.807) is 0 Å². The molecular weight excluding hydrogens is 881 g/mol. The molecule has 0 spiro atoms. The molecule has 0 aromatic carbocycles. The number of imidazole rings is 4. The van der Waals surface area contributed by atoms with Crippen LogP contribution in [0.25, 0.3) is 91.9 Å². The first-order valence-electron chi connectivity index (χ1n) is 17.2. The summed E-state index contributed by atoms with van der Waals surface area (Å²) in [6.45, 7) is 0. The van der Waals surface area contributed by atoms with Gasteiger partial charge in [-0.05, 0) is 24.3 Å². The van der Waals surface area contributed by atoms with Crippen LogP contribution in [0.15, 0.2) is 73.8 Å². The zero-order valence-corrected chi connectivity index (χ0v) is 37.8. The summed E-state index contributed by atoms with van der Waals surface area (Å²) in [5.74, 6) is 3.96. The maximum Gasteiger partial charge on any atom is 2.00 e. The number of rotatable bonds is 4. The van der Waals surface area contributed by atoms with Crippen molar-refractivity contribution in [3.05, 3.63) is 96.6 Å². The zero-order chi connectivity index (χ0) is 36.0. The molecule has 7 aromatic heterocycles. The Morgan fingerprint density at radius 3 is 0.776 bits per heavy atom. The molecule has 8 bridgehead atoms. The maximum absolute atomic E-state index is 5.40. The molecule has 1 radical (unpaired) electrons. The molecule has 12 nitrogen and oxygen atoms in total. The monoisotopic (exact) mass is 918 g/mol. The van der Waals surface area contributed by atoms with Crippen LogP contribution in [0.4, 0.5) is 0 Å². The van der Waals surface area contributed by atoms with Crippen LogP contribution in [-0.2, 0) is 73.5 Å². The van der Waals surface area contributed by atoms with E-state index in [-0.39, 0.29) is 79.1 Å². The van der Waals surface area contributed by atoms with Crippen molar-refractivity contribution < 1.29 is 97.4 Å². The summed E-state index contributed by atoms with van der Waals surface area (Å²) < 4.78 is 17.0. The number of hydrogen-bond acceptors (Lipinski definition) is 2. The van der Waals surface area contributed by atoms with Gasteiger partial charge in [-0.15, -0.1) is 22.1 Å². The van der Waals surface area contributed by atoms with E-state index in [1.165, 1.54) is 0 Å². The third kappa shape index (κ3) is 7.57. The standard InChI is InChI=1S/C40H40N12.5ClH.Mn/c1-45-17-18-46(2)37(45)33-25-9-11-27(41-25)34(38-47(3)19-20-48(38)4)29-13-15-31(43-29)36(40-51(7)23-24-52(40)8)32-16-14-30(44-32)35(28-12-10-26(33)42-28)39-49(5)21-22-50(39)6;;;;;;/h9-24H,1-8H3;5*1H;/q+2;;;;;;+2/p-5. The molecule has 303 valence electrons. The van der Waals surface area contributed by atoms with Crippen molar-refractivity contribution in [2.75, 3.05) is 0 Å². The third-order valence-electron chi connectivity index (χ3n) is 10.2. The van der Waals surface area contributed by atoms with Crippen molar-refractivity contribution in [2.45, 2.75) is 0 Å². The average molecular weight is 921 g/mol. The Balaban J connectivity index is 0.00000150. The predicted octanol–water partition coefficient (Wildman–Crippen LogP) is -11.7. The minimum Gasteiger partial charge on any atom is -1.00 e. The Kier molecular flexibility index (Phi) is 14.9. The molecule has 0 amide bonds. The Labute approximate surface area is 378 Å². The summed E-state index contributed by atoms with van der Waals surface area (Å²) in [5.41, 5.74) is 10.4. The summed E-state index contributed by atoms with van der Waals surface area (Å²) >= 11 is 0. The van der Waals surface area contributed by atoms with Crippen molar-refractivity contribution in [3.8, 4) is 45.6 Å². The molecule has 58 heavy (non-hydrogen) atoms. The van der Waals surface area contributed by atoms with E-state index in [1.807, 2.05) is 0 Å². The molecule has 7 aromatic rings. The van der Waals surface area contributed by atoms with Crippen LogP contribution in [0, 0.1) is 0 Å². The third-order valence-corrected chi connectivity index (χ3v) is 10.2. The van der Waals surface area contributed by atoms with Gasteiger partial charge in [0.05, 0.1) is 101 Å². The number of aromatic nitrogens is 12. The second-order valence-electron chi connectivity index (χ2n) is 13.7. The molecule has 0 saturated heterocycles. The normalized spacial score (nSPS) is 11.2. The van der Waals surface area contributed by atoms with Crippen LogP contribution >= 0.6 is 0 Å². The second kappa shape index (κ2) is 18.1. The van der Waals surface area contributed by atoms with Crippen molar-refractivity contribution in [2.24, 2.45) is 56.4 Å². The minimum atomic E-state index is 0. The summed E-state index contributed by atoms with van der Waals surface area (Å²) in [5, 5.41) is 0. The van der Waals surface area contributed by atoms with Gasteiger partial charge < -0.3 is 72.0 Å². The van der Waals surface area contributed by atoms with Crippen LogP contribution in [-0.4, -0.2) is 28.2 Å². The Hall–Kier alpha value is -4.59.